The van der Waals surface area contributed by atoms with Crippen LogP contribution < -0.4 is 5.73 Å². The number of thioether (sulfide) groups is 1. The van der Waals surface area contributed by atoms with Crippen molar-refractivity contribution in [1.82, 2.24) is 0 Å². The Hall–Kier alpha value is 0.270. The average Bonchev–Trinajstić information content (AvgIpc) is 2.87. The SMILES string of the molecule is CC1(C(N)C2CCOC3(CCSC3)C2)CCCCC1. The summed E-state index contributed by atoms with van der Waals surface area (Å²) in [6.45, 7) is 3.39. The van der Waals surface area contributed by atoms with Gasteiger partial charge in [0.05, 0.1) is 5.60 Å². The van der Waals surface area contributed by atoms with E-state index in [1.165, 1.54) is 62.9 Å². The first-order chi connectivity index (χ1) is 9.14. The Kier molecular flexibility index (Phi) is 4.17. The van der Waals surface area contributed by atoms with E-state index in [0.717, 1.165) is 6.61 Å². The van der Waals surface area contributed by atoms with E-state index in [0.29, 0.717) is 17.4 Å². The van der Waals surface area contributed by atoms with Gasteiger partial charge in [-0.1, -0.05) is 26.2 Å². The maximum absolute atomic E-state index is 6.75. The summed E-state index contributed by atoms with van der Waals surface area (Å²) in [6, 6.07) is 0.388. The fraction of sp³-hybridized carbons (Fsp3) is 1.00. The van der Waals surface area contributed by atoms with Crippen molar-refractivity contribution in [2.24, 2.45) is 17.1 Å². The van der Waals surface area contributed by atoms with Crippen LogP contribution in [0, 0.1) is 11.3 Å². The first-order valence-electron chi connectivity index (χ1n) is 8.11. The molecule has 3 heteroatoms. The molecule has 1 aliphatic carbocycles. The van der Waals surface area contributed by atoms with Crippen LogP contribution in [0.1, 0.15) is 58.3 Å². The lowest BCUT2D eigenvalue weighted by Gasteiger charge is -2.47. The van der Waals surface area contributed by atoms with Crippen LogP contribution in [0.3, 0.4) is 0 Å². The Balaban J connectivity index is 1.67. The minimum Gasteiger partial charge on any atom is -0.374 e. The van der Waals surface area contributed by atoms with Crippen LogP contribution in [0.4, 0.5) is 0 Å². The molecule has 3 aliphatic rings. The first-order valence-corrected chi connectivity index (χ1v) is 9.26. The van der Waals surface area contributed by atoms with E-state index >= 15 is 0 Å². The third kappa shape index (κ3) is 2.84. The normalized spacial score (nSPS) is 40.4. The first kappa shape index (κ1) is 14.2. The van der Waals surface area contributed by atoms with Gasteiger partial charge in [0, 0.05) is 18.4 Å². The third-order valence-corrected chi connectivity index (χ3v) is 7.13. The van der Waals surface area contributed by atoms with Crippen molar-refractivity contribution in [3.05, 3.63) is 0 Å². The molecule has 19 heavy (non-hydrogen) atoms. The lowest BCUT2D eigenvalue weighted by Crippen LogP contribution is -2.52. The van der Waals surface area contributed by atoms with Gasteiger partial charge in [0.15, 0.2) is 0 Å². The number of hydrogen-bond donors (Lipinski definition) is 1. The minimum absolute atomic E-state index is 0.191. The number of rotatable bonds is 2. The quantitative estimate of drug-likeness (QED) is 0.841. The van der Waals surface area contributed by atoms with Crippen molar-refractivity contribution in [2.75, 3.05) is 18.1 Å². The zero-order valence-electron chi connectivity index (χ0n) is 12.3. The van der Waals surface area contributed by atoms with E-state index in [1.54, 1.807) is 0 Å². The van der Waals surface area contributed by atoms with E-state index in [2.05, 4.69) is 18.7 Å². The van der Waals surface area contributed by atoms with Crippen molar-refractivity contribution >= 4 is 11.8 Å². The second-order valence-electron chi connectivity index (χ2n) is 7.33. The Bertz CT molecular complexity index is 308. The summed E-state index contributed by atoms with van der Waals surface area (Å²) in [4.78, 5) is 0. The predicted molar refractivity (Wildman–Crippen MR) is 82.5 cm³/mol. The summed E-state index contributed by atoms with van der Waals surface area (Å²) in [5.41, 5.74) is 7.33. The topological polar surface area (TPSA) is 35.2 Å². The largest absolute Gasteiger partial charge is 0.374 e. The molecule has 2 heterocycles. The van der Waals surface area contributed by atoms with Crippen LogP contribution in [-0.4, -0.2) is 29.8 Å². The van der Waals surface area contributed by atoms with Gasteiger partial charge in [-0.15, -0.1) is 0 Å². The molecule has 2 saturated heterocycles. The highest BCUT2D eigenvalue weighted by atomic mass is 32.2. The van der Waals surface area contributed by atoms with Gasteiger partial charge >= 0.3 is 0 Å². The number of ether oxygens (including phenoxy) is 1. The smallest absolute Gasteiger partial charge is 0.0783 e. The highest BCUT2D eigenvalue weighted by Gasteiger charge is 2.45. The van der Waals surface area contributed by atoms with Gasteiger partial charge in [-0.25, -0.2) is 0 Å². The molecule has 2 nitrogen and oxygen atoms in total. The molecule has 0 radical (unpaired) electrons. The van der Waals surface area contributed by atoms with Crippen molar-refractivity contribution < 1.29 is 4.74 Å². The molecule has 110 valence electrons. The van der Waals surface area contributed by atoms with Crippen molar-refractivity contribution in [1.29, 1.82) is 0 Å². The zero-order valence-corrected chi connectivity index (χ0v) is 13.1. The van der Waals surface area contributed by atoms with Crippen LogP contribution in [0.25, 0.3) is 0 Å². The molecule has 0 aromatic carbocycles. The van der Waals surface area contributed by atoms with Crippen molar-refractivity contribution in [3.8, 4) is 0 Å². The monoisotopic (exact) mass is 283 g/mol. The third-order valence-electron chi connectivity index (χ3n) is 5.91. The molecule has 2 aliphatic heterocycles. The molecule has 0 aromatic rings. The molecule has 3 rings (SSSR count). The molecule has 0 amide bonds. The van der Waals surface area contributed by atoms with Gasteiger partial charge in [-0.3, -0.25) is 0 Å². The summed E-state index contributed by atoms with van der Waals surface area (Å²) in [6.07, 6.45) is 10.5. The number of hydrogen-bond acceptors (Lipinski definition) is 3. The Morgan fingerprint density at radius 1 is 1.21 bits per heavy atom. The minimum atomic E-state index is 0.191. The molecule has 0 aromatic heterocycles. The van der Waals surface area contributed by atoms with Crippen LogP contribution >= 0.6 is 11.8 Å². The molecule has 0 bridgehead atoms. The summed E-state index contributed by atoms with van der Waals surface area (Å²) < 4.78 is 6.15. The van der Waals surface area contributed by atoms with E-state index in [-0.39, 0.29) is 5.60 Å². The maximum atomic E-state index is 6.75. The maximum Gasteiger partial charge on any atom is 0.0783 e. The Morgan fingerprint density at radius 3 is 2.68 bits per heavy atom. The predicted octanol–water partition coefficient (Wildman–Crippen LogP) is 3.59. The summed E-state index contributed by atoms with van der Waals surface area (Å²) in [5.74, 6) is 3.17. The second-order valence-corrected chi connectivity index (χ2v) is 8.43. The average molecular weight is 283 g/mol. The van der Waals surface area contributed by atoms with E-state index in [1.807, 2.05) is 0 Å². The van der Waals surface area contributed by atoms with Crippen molar-refractivity contribution in [2.45, 2.75) is 69.9 Å². The molecule has 3 fully saturated rings. The zero-order chi connectivity index (χ0) is 13.3. The summed E-state index contributed by atoms with van der Waals surface area (Å²) >= 11 is 2.06. The lowest BCUT2D eigenvalue weighted by atomic mass is 9.64. The van der Waals surface area contributed by atoms with E-state index in [4.69, 9.17) is 10.5 Å². The van der Waals surface area contributed by atoms with Crippen LogP contribution in [-0.2, 0) is 4.74 Å². The number of nitrogens with two attached hydrogens (primary N) is 1. The molecular formula is C16H29NOS. The van der Waals surface area contributed by atoms with Crippen LogP contribution in [0.2, 0.25) is 0 Å². The fourth-order valence-corrected chi connectivity index (χ4v) is 5.88. The highest BCUT2D eigenvalue weighted by Crippen LogP contribution is 2.46. The Labute approximate surface area is 122 Å². The van der Waals surface area contributed by atoms with E-state index < -0.39 is 0 Å². The highest BCUT2D eigenvalue weighted by molar-refractivity contribution is 7.99. The fourth-order valence-electron chi connectivity index (χ4n) is 4.50. The van der Waals surface area contributed by atoms with Crippen molar-refractivity contribution in [3.63, 3.8) is 0 Å². The van der Waals surface area contributed by atoms with Gasteiger partial charge in [-0.05, 0) is 49.2 Å². The van der Waals surface area contributed by atoms with Gasteiger partial charge in [0.2, 0.25) is 0 Å². The van der Waals surface area contributed by atoms with E-state index in [9.17, 15) is 0 Å². The van der Waals surface area contributed by atoms with Gasteiger partial charge < -0.3 is 10.5 Å². The lowest BCUT2D eigenvalue weighted by molar-refractivity contribution is -0.0917. The van der Waals surface area contributed by atoms with Gasteiger partial charge in [0.1, 0.15) is 0 Å². The second kappa shape index (κ2) is 5.57. The molecule has 3 unspecified atom stereocenters. The Morgan fingerprint density at radius 2 is 2.00 bits per heavy atom. The standard InChI is InChI=1S/C16H29NOS/c1-15(6-3-2-4-7-15)14(17)13-5-9-18-16(11-13)8-10-19-12-16/h13-14H,2-12,17H2,1H3. The molecule has 1 saturated carbocycles. The summed E-state index contributed by atoms with van der Waals surface area (Å²) in [5, 5.41) is 0. The molecule has 1 spiro atoms. The van der Waals surface area contributed by atoms with Crippen LogP contribution in [0.5, 0.6) is 0 Å². The molecule has 2 N–H and O–H groups in total. The van der Waals surface area contributed by atoms with Gasteiger partial charge in [0.25, 0.3) is 0 Å². The van der Waals surface area contributed by atoms with Gasteiger partial charge in [-0.2, -0.15) is 11.8 Å². The van der Waals surface area contributed by atoms with Crippen LogP contribution in [0.15, 0.2) is 0 Å². The summed E-state index contributed by atoms with van der Waals surface area (Å²) in [7, 11) is 0. The molecule has 3 atom stereocenters. The molecular weight excluding hydrogens is 254 g/mol.